The zero-order chi connectivity index (χ0) is 24.8. The molecule has 0 aliphatic heterocycles. The standard InChI is InChI=1S/C23H18Cl2FN3O5/c1-13(2)33-22(17-5-3-4-6-20(17)26)28-23(30)27-14-11-18(24)21(19(25)12-14)34-16-9-7-15(8-10-16)29(31)32/h3-13H,1-2H3,(H,27,30)/b28-22-. The van der Waals surface area contributed by atoms with Crippen molar-refractivity contribution < 1.29 is 23.6 Å². The van der Waals surface area contributed by atoms with Gasteiger partial charge in [-0.15, -0.1) is 0 Å². The highest BCUT2D eigenvalue weighted by Crippen LogP contribution is 2.39. The molecule has 0 aliphatic rings. The van der Waals surface area contributed by atoms with Crippen LogP contribution in [0.5, 0.6) is 11.5 Å². The number of halogens is 3. The van der Waals surface area contributed by atoms with Crippen LogP contribution in [-0.2, 0) is 4.74 Å². The Morgan fingerprint density at radius 2 is 1.71 bits per heavy atom. The minimum Gasteiger partial charge on any atom is -0.474 e. The molecule has 0 atom stereocenters. The molecule has 2 amide bonds. The maximum atomic E-state index is 14.2. The van der Waals surface area contributed by atoms with Gasteiger partial charge < -0.3 is 14.8 Å². The van der Waals surface area contributed by atoms with Crippen LogP contribution in [0.2, 0.25) is 10.0 Å². The predicted molar refractivity (Wildman–Crippen MR) is 128 cm³/mol. The molecule has 3 aromatic carbocycles. The van der Waals surface area contributed by atoms with Crippen molar-refractivity contribution in [1.82, 2.24) is 0 Å². The summed E-state index contributed by atoms with van der Waals surface area (Å²) >= 11 is 12.5. The van der Waals surface area contributed by atoms with Gasteiger partial charge >= 0.3 is 6.03 Å². The van der Waals surface area contributed by atoms with Gasteiger partial charge in [-0.1, -0.05) is 35.3 Å². The molecule has 0 spiro atoms. The molecule has 0 heterocycles. The lowest BCUT2D eigenvalue weighted by atomic mass is 10.2. The number of amides is 2. The lowest BCUT2D eigenvalue weighted by Gasteiger charge is -2.14. The highest BCUT2D eigenvalue weighted by molar-refractivity contribution is 6.37. The van der Waals surface area contributed by atoms with Crippen molar-refractivity contribution in [3.8, 4) is 11.5 Å². The monoisotopic (exact) mass is 505 g/mol. The number of hydrogen-bond acceptors (Lipinski definition) is 5. The summed E-state index contributed by atoms with van der Waals surface area (Å²) in [7, 11) is 0. The number of hydrogen-bond donors (Lipinski definition) is 1. The number of urea groups is 1. The molecular formula is C23H18Cl2FN3O5. The number of benzene rings is 3. The lowest BCUT2D eigenvalue weighted by molar-refractivity contribution is -0.384. The number of aliphatic imine (C=N–C) groups is 1. The summed E-state index contributed by atoms with van der Waals surface area (Å²) in [6.45, 7) is 3.44. The molecule has 0 unspecified atom stereocenters. The Balaban J connectivity index is 1.80. The zero-order valence-electron chi connectivity index (χ0n) is 17.9. The SMILES string of the molecule is CC(C)O/C(=N\C(=O)Nc1cc(Cl)c(Oc2ccc([N+](=O)[O-])cc2)c(Cl)c1)c1ccccc1F. The average Bonchev–Trinajstić information content (AvgIpc) is 2.76. The molecule has 0 saturated carbocycles. The minimum atomic E-state index is -0.838. The molecule has 3 rings (SSSR count). The Morgan fingerprint density at radius 3 is 2.26 bits per heavy atom. The fourth-order valence-electron chi connectivity index (χ4n) is 2.73. The van der Waals surface area contributed by atoms with Crippen LogP contribution in [0.1, 0.15) is 19.4 Å². The second-order valence-electron chi connectivity index (χ2n) is 7.12. The van der Waals surface area contributed by atoms with E-state index in [1.807, 2.05) is 0 Å². The van der Waals surface area contributed by atoms with Crippen molar-refractivity contribution in [3.05, 3.63) is 92.2 Å². The second kappa shape index (κ2) is 11.0. The molecule has 0 aliphatic carbocycles. The van der Waals surface area contributed by atoms with E-state index in [4.69, 9.17) is 32.7 Å². The minimum absolute atomic E-state index is 0.0364. The van der Waals surface area contributed by atoms with E-state index in [2.05, 4.69) is 10.3 Å². The third-order valence-corrected chi connectivity index (χ3v) is 4.73. The fourth-order valence-corrected chi connectivity index (χ4v) is 3.30. The molecule has 34 heavy (non-hydrogen) atoms. The maximum Gasteiger partial charge on any atom is 0.348 e. The van der Waals surface area contributed by atoms with Gasteiger partial charge in [0.25, 0.3) is 5.69 Å². The third-order valence-electron chi connectivity index (χ3n) is 4.17. The molecular weight excluding hydrogens is 488 g/mol. The molecule has 3 aromatic rings. The van der Waals surface area contributed by atoms with Gasteiger partial charge in [0.15, 0.2) is 5.75 Å². The largest absolute Gasteiger partial charge is 0.474 e. The molecule has 8 nitrogen and oxygen atoms in total. The maximum absolute atomic E-state index is 14.2. The Bertz CT molecular complexity index is 1230. The van der Waals surface area contributed by atoms with Crippen molar-refractivity contribution >= 4 is 46.5 Å². The summed E-state index contributed by atoms with van der Waals surface area (Å²) < 4.78 is 25.3. The zero-order valence-corrected chi connectivity index (χ0v) is 19.4. The summed E-state index contributed by atoms with van der Waals surface area (Å²) in [6, 6.07) is 13.1. The second-order valence-corrected chi connectivity index (χ2v) is 7.93. The summed E-state index contributed by atoms with van der Waals surface area (Å²) in [6.07, 6.45) is -0.356. The molecule has 0 bridgehead atoms. The molecule has 11 heteroatoms. The van der Waals surface area contributed by atoms with Crippen LogP contribution in [0.15, 0.2) is 65.7 Å². The highest BCUT2D eigenvalue weighted by Gasteiger charge is 2.17. The van der Waals surface area contributed by atoms with Gasteiger partial charge in [-0.2, -0.15) is 4.99 Å². The van der Waals surface area contributed by atoms with Crippen LogP contribution in [0, 0.1) is 15.9 Å². The molecule has 0 aromatic heterocycles. The smallest absolute Gasteiger partial charge is 0.348 e. The van der Waals surface area contributed by atoms with Gasteiger partial charge in [0, 0.05) is 17.8 Å². The number of non-ortho nitro benzene ring substituents is 1. The summed E-state index contributed by atoms with van der Waals surface area (Å²) in [5.41, 5.74) is 0.144. The van der Waals surface area contributed by atoms with E-state index in [1.54, 1.807) is 19.9 Å². The van der Waals surface area contributed by atoms with Crippen LogP contribution >= 0.6 is 23.2 Å². The summed E-state index contributed by atoms with van der Waals surface area (Å²) in [4.78, 5) is 26.6. The van der Waals surface area contributed by atoms with E-state index in [1.165, 1.54) is 54.6 Å². The van der Waals surface area contributed by atoms with E-state index in [0.717, 1.165) is 0 Å². The molecule has 0 fully saturated rings. The number of ether oxygens (including phenoxy) is 2. The van der Waals surface area contributed by atoms with Crippen molar-refractivity contribution in [3.63, 3.8) is 0 Å². The first-order chi connectivity index (χ1) is 16.1. The van der Waals surface area contributed by atoms with Gasteiger partial charge in [0.05, 0.1) is 26.6 Å². The van der Waals surface area contributed by atoms with Crippen LogP contribution in [-0.4, -0.2) is 23.0 Å². The fraction of sp³-hybridized carbons (Fsp3) is 0.130. The summed E-state index contributed by atoms with van der Waals surface area (Å²) in [5, 5.41) is 13.4. The van der Waals surface area contributed by atoms with Crippen LogP contribution in [0.25, 0.3) is 0 Å². The predicted octanol–water partition coefficient (Wildman–Crippen LogP) is 7.24. The number of carbonyl (C=O) groups excluding carboxylic acids is 1. The first kappa shape index (κ1) is 24.9. The van der Waals surface area contributed by atoms with Gasteiger partial charge in [-0.25, -0.2) is 9.18 Å². The average molecular weight is 506 g/mol. The van der Waals surface area contributed by atoms with E-state index in [-0.39, 0.29) is 50.5 Å². The molecule has 0 saturated heterocycles. The van der Waals surface area contributed by atoms with Crippen molar-refractivity contribution in [1.29, 1.82) is 0 Å². The third kappa shape index (κ3) is 6.43. The van der Waals surface area contributed by atoms with E-state index in [0.29, 0.717) is 0 Å². The van der Waals surface area contributed by atoms with Crippen molar-refractivity contribution in [2.45, 2.75) is 20.0 Å². The number of rotatable bonds is 6. The molecule has 176 valence electrons. The van der Waals surface area contributed by atoms with E-state index < -0.39 is 16.8 Å². The topological polar surface area (TPSA) is 103 Å². The summed E-state index contributed by atoms with van der Waals surface area (Å²) in [5.74, 6) is -0.403. The number of carbonyl (C=O) groups is 1. The quantitative estimate of drug-likeness (QED) is 0.164. The van der Waals surface area contributed by atoms with E-state index in [9.17, 15) is 19.3 Å². The number of nitrogens with one attached hydrogen (secondary N) is 1. The first-order valence-corrected chi connectivity index (χ1v) is 10.6. The number of nitrogens with zero attached hydrogens (tertiary/aromatic N) is 2. The van der Waals surface area contributed by atoms with Gasteiger partial charge in [-0.3, -0.25) is 10.1 Å². The molecule has 0 radical (unpaired) electrons. The van der Waals surface area contributed by atoms with Gasteiger partial charge in [0.2, 0.25) is 5.90 Å². The highest BCUT2D eigenvalue weighted by atomic mass is 35.5. The molecule has 1 N–H and O–H groups in total. The van der Waals surface area contributed by atoms with Crippen molar-refractivity contribution in [2.24, 2.45) is 4.99 Å². The Labute approximate surface area is 204 Å². The first-order valence-electron chi connectivity index (χ1n) is 9.86. The van der Waals surface area contributed by atoms with E-state index >= 15 is 0 Å². The van der Waals surface area contributed by atoms with Crippen LogP contribution in [0.4, 0.5) is 20.6 Å². The van der Waals surface area contributed by atoms with Crippen molar-refractivity contribution in [2.75, 3.05) is 5.32 Å². The lowest BCUT2D eigenvalue weighted by Crippen LogP contribution is -2.18. The number of anilines is 1. The normalized spacial score (nSPS) is 11.3. The van der Waals surface area contributed by atoms with Gasteiger partial charge in [-0.05, 0) is 50.2 Å². The van der Waals surface area contributed by atoms with Gasteiger partial charge in [0.1, 0.15) is 11.6 Å². The Kier molecular flexibility index (Phi) is 8.04. The number of nitro groups is 1. The number of nitro benzene ring substituents is 1. The van der Waals surface area contributed by atoms with Crippen LogP contribution in [0.3, 0.4) is 0 Å². The Hall–Kier alpha value is -3.69. The Morgan fingerprint density at radius 1 is 1.09 bits per heavy atom. The van der Waals surface area contributed by atoms with Crippen LogP contribution < -0.4 is 10.1 Å².